The van der Waals surface area contributed by atoms with Crippen LogP contribution < -0.4 is 10.1 Å². The molecule has 0 amide bonds. The van der Waals surface area contributed by atoms with E-state index in [1.54, 1.807) is 6.20 Å². The minimum Gasteiger partial charge on any atom is -0.492 e. The van der Waals surface area contributed by atoms with Crippen molar-refractivity contribution in [3.63, 3.8) is 0 Å². The molecule has 1 aliphatic rings. The zero-order valence-corrected chi connectivity index (χ0v) is 9.69. The van der Waals surface area contributed by atoms with Gasteiger partial charge in [-0.25, -0.2) is 0 Å². The molecule has 1 fully saturated rings. The largest absolute Gasteiger partial charge is 0.492 e. The number of piperidine rings is 1. The Balaban J connectivity index is 1.63. The first-order chi connectivity index (χ1) is 8.42. The van der Waals surface area contributed by atoms with Gasteiger partial charge in [0, 0.05) is 17.5 Å². The van der Waals surface area contributed by atoms with Crippen molar-refractivity contribution in [3.8, 4) is 5.75 Å². The van der Waals surface area contributed by atoms with Gasteiger partial charge in [-0.2, -0.15) is 0 Å². The Kier molecular flexibility index (Phi) is 2.96. The standard InChI is InChI=1S/C13H16N2O2/c1-2-6-14-11(3-1)9-16-12-5-4-10-8-15-17-13(10)7-12/h4-5,7-8,11,14H,1-3,6,9H2. The smallest absolute Gasteiger partial charge is 0.170 e. The molecule has 0 saturated carbocycles. The molecule has 17 heavy (non-hydrogen) atoms. The van der Waals surface area contributed by atoms with Crippen molar-refractivity contribution in [2.75, 3.05) is 13.2 Å². The molecule has 2 aromatic rings. The van der Waals surface area contributed by atoms with Crippen molar-refractivity contribution in [2.45, 2.75) is 25.3 Å². The minimum absolute atomic E-state index is 0.481. The van der Waals surface area contributed by atoms with Crippen LogP contribution in [-0.4, -0.2) is 24.4 Å². The highest BCUT2D eigenvalue weighted by Crippen LogP contribution is 2.20. The van der Waals surface area contributed by atoms with Crippen LogP contribution in [0.4, 0.5) is 0 Å². The number of nitrogens with one attached hydrogen (secondary N) is 1. The fraction of sp³-hybridized carbons (Fsp3) is 0.462. The normalized spacial score (nSPS) is 20.6. The summed E-state index contributed by atoms with van der Waals surface area (Å²) in [7, 11) is 0. The molecule has 1 atom stereocenters. The van der Waals surface area contributed by atoms with Crippen molar-refractivity contribution in [3.05, 3.63) is 24.4 Å². The van der Waals surface area contributed by atoms with Crippen molar-refractivity contribution >= 4 is 11.0 Å². The van der Waals surface area contributed by atoms with Crippen molar-refractivity contribution in [2.24, 2.45) is 0 Å². The highest BCUT2D eigenvalue weighted by molar-refractivity contribution is 5.77. The molecule has 4 nitrogen and oxygen atoms in total. The second-order valence-corrected chi connectivity index (χ2v) is 4.48. The summed E-state index contributed by atoms with van der Waals surface area (Å²) in [5.74, 6) is 0.849. The highest BCUT2D eigenvalue weighted by Gasteiger charge is 2.13. The first-order valence-corrected chi connectivity index (χ1v) is 6.12. The highest BCUT2D eigenvalue weighted by atomic mass is 16.5. The van der Waals surface area contributed by atoms with E-state index in [-0.39, 0.29) is 0 Å². The molecule has 1 saturated heterocycles. The molecule has 1 aromatic carbocycles. The molecule has 4 heteroatoms. The molecule has 3 rings (SSSR count). The van der Waals surface area contributed by atoms with Crippen LogP contribution in [0.1, 0.15) is 19.3 Å². The molecule has 1 N–H and O–H groups in total. The van der Waals surface area contributed by atoms with Crippen LogP contribution in [-0.2, 0) is 0 Å². The third kappa shape index (κ3) is 2.42. The molecule has 0 bridgehead atoms. The molecule has 0 aliphatic carbocycles. The Morgan fingerprint density at radius 3 is 3.29 bits per heavy atom. The zero-order valence-electron chi connectivity index (χ0n) is 9.69. The van der Waals surface area contributed by atoms with Crippen LogP contribution in [0.2, 0.25) is 0 Å². The minimum atomic E-state index is 0.481. The summed E-state index contributed by atoms with van der Waals surface area (Å²) in [5.41, 5.74) is 0.777. The quantitative estimate of drug-likeness (QED) is 0.882. The Labute approximate surface area is 99.9 Å². The van der Waals surface area contributed by atoms with Gasteiger partial charge in [0.15, 0.2) is 5.58 Å². The summed E-state index contributed by atoms with van der Waals surface area (Å²) >= 11 is 0. The van der Waals surface area contributed by atoms with Gasteiger partial charge in [-0.3, -0.25) is 0 Å². The summed E-state index contributed by atoms with van der Waals surface area (Å²) in [6, 6.07) is 6.30. The number of hydrogen-bond acceptors (Lipinski definition) is 4. The van der Waals surface area contributed by atoms with Gasteiger partial charge in [-0.05, 0) is 31.5 Å². The number of fused-ring (bicyclic) bond motifs is 1. The van der Waals surface area contributed by atoms with E-state index < -0.39 is 0 Å². The van der Waals surface area contributed by atoms with Crippen LogP contribution in [0.5, 0.6) is 5.75 Å². The zero-order chi connectivity index (χ0) is 11.5. The number of nitrogens with zero attached hydrogens (tertiary/aromatic N) is 1. The van der Waals surface area contributed by atoms with Crippen LogP contribution >= 0.6 is 0 Å². The third-order valence-electron chi connectivity index (χ3n) is 3.19. The number of benzene rings is 1. The number of ether oxygens (including phenoxy) is 1. The van der Waals surface area contributed by atoms with Gasteiger partial charge in [0.05, 0.1) is 6.20 Å². The van der Waals surface area contributed by atoms with Gasteiger partial charge >= 0.3 is 0 Å². The fourth-order valence-corrected chi connectivity index (χ4v) is 2.19. The van der Waals surface area contributed by atoms with Gasteiger partial charge in [-0.15, -0.1) is 0 Å². The van der Waals surface area contributed by atoms with Crippen LogP contribution in [0.3, 0.4) is 0 Å². The van der Waals surface area contributed by atoms with E-state index in [0.717, 1.165) is 29.9 Å². The summed E-state index contributed by atoms with van der Waals surface area (Å²) in [6.45, 7) is 1.83. The molecular formula is C13H16N2O2. The van der Waals surface area contributed by atoms with E-state index in [1.165, 1.54) is 19.3 Å². The van der Waals surface area contributed by atoms with Gasteiger partial charge in [0.25, 0.3) is 0 Å². The van der Waals surface area contributed by atoms with Gasteiger partial charge in [-0.1, -0.05) is 11.6 Å². The molecule has 90 valence electrons. The molecule has 1 unspecified atom stereocenters. The summed E-state index contributed by atoms with van der Waals surface area (Å²) in [6.07, 6.45) is 5.48. The SMILES string of the molecule is c1cc2cnoc2cc1OCC1CCCCN1. The summed E-state index contributed by atoms with van der Waals surface area (Å²) in [5, 5.41) is 8.22. The summed E-state index contributed by atoms with van der Waals surface area (Å²) in [4.78, 5) is 0. The lowest BCUT2D eigenvalue weighted by Gasteiger charge is -2.23. The van der Waals surface area contributed by atoms with E-state index in [2.05, 4.69) is 10.5 Å². The average molecular weight is 232 g/mol. The Morgan fingerprint density at radius 1 is 1.41 bits per heavy atom. The molecule has 1 aromatic heterocycles. The van der Waals surface area contributed by atoms with Crippen LogP contribution in [0, 0.1) is 0 Å². The lowest BCUT2D eigenvalue weighted by molar-refractivity contribution is 0.239. The lowest BCUT2D eigenvalue weighted by atomic mass is 10.1. The average Bonchev–Trinajstić information content (AvgIpc) is 2.85. The molecule has 0 spiro atoms. The van der Waals surface area contributed by atoms with Crippen molar-refractivity contribution in [1.82, 2.24) is 10.5 Å². The van der Waals surface area contributed by atoms with Crippen LogP contribution in [0.15, 0.2) is 28.9 Å². The number of rotatable bonds is 3. The predicted molar refractivity (Wildman–Crippen MR) is 65.1 cm³/mol. The molecule has 0 radical (unpaired) electrons. The molecule has 2 heterocycles. The predicted octanol–water partition coefficient (Wildman–Crippen LogP) is 2.35. The van der Waals surface area contributed by atoms with E-state index in [1.807, 2.05) is 18.2 Å². The molecule has 1 aliphatic heterocycles. The second kappa shape index (κ2) is 4.75. The van der Waals surface area contributed by atoms with Gasteiger partial charge in [0.1, 0.15) is 12.4 Å². The number of aromatic nitrogens is 1. The van der Waals surface area contributed by atoms with Crippen molar-refractivity contribution < 1.29 is 9.26 Å². The Morgan fingerprint density at radius 2 is 2.41 bits per heavy atom. The third-order valence-corrected chi connectivity index (χ3v) is 3.19. The maximum atomic E-state index is 5.77. The maximum absolute atomic E-state index is 5.77. The van der Waals surface area contributed by atoms with Gasteiger partial charge in [0.2, 0.25) is 0 Å². The van der Waals surface area contributed by atoms with E-state index in [4.69, 9.17) is 9.26 Å². The Hall–Kier alpha value is -1.55. The lowest BCUT2D eigenvalue weighted by Crippen LogP contribution is -2.38. The fourth-order valence-electron chi connectivity index (χ4n) is 2.19. The van der Waals surface area contributed by atoms with Gasteiger partial charge < -0.3 is 14.6 Å². The number of hydrogen-bond donors (Lipinski definition) is 1. The monoisotopic (exact) mass is 232 g/mol. The Bertz CT molecular complexity index is 489. The van der Waals surface area contributed by atoms with E-state index in [0.29, 0.717) is 6.04 Å². The summed E-state index contributed by atoms with van der Waals surface area (Å²) < 4.78 is 10.9. The molecular weight excluding hydrogens is 216 g/mol. The second-order valence-electron chi connectivity index (χ2n) is 4.48. The first-order valence-electron chi connectivity index (χ1n) is 6.12. The first kappa shape index (κ1) is 10.6. The van der Waals surface area contributed by atoms with E-state index >= 15 is 0 Å². The maximum Gasteiger partial charge on any atom is 0.170 e. The van der Waals surface area contributed by atoms with E-state index in [9.17, 15) is 0 Å². The van der Waals surface area contributed by atoms with Crippen molar-refractivity contribution in [1.29, 1.82) is 0 Å². The topological polar surface area (TPSA) is 47.3 Å². The van der Waals surface area contributed by atoms with Crippen LogP contribution in [0.25, 0.3) is 11.0 Å².